The fourth-order valence-corrected chi connectivity index (χ4v) is 4.44. The number of aliphatic hydroxyl groups excluding tert-OH is 1. The van der Waals surface area contributed by atoms with Crippen LogP contribution in [0.15, 0.2) is 35.3 Å². The molecule has 0 radical (unpaired) electrons. The predicted molar refractivity (Wildman–Crippen MR) is 126 cm³/mol. The minimum absolute atomic E-state index is 0.0200. The van der Waals surface area contributed by atoms with E-state index in [2.05, 4.69) is 15.3 Å². The fraction of sp³-hybridized carbons (Fsp3) is 0.375. The van der Waals surface area contributed by atoms with E-state index in [-0.39, 0.29) is 44.9 Å². The van der Waals surface area contributed by atoms with Crippen LogP contribution >= 0.6 is 0 Å². The molecule has 0 unspecified atom stereocenters. The van der Waals surface area contributed by atoms with Gasteiger partial charge in [-0.2, -0.15) is 0 Å². The van der Waals surface area contributed by atoms with Crippen LogP contribution in [-0.4, -0.2) is 70.5 Å². The molecule has 4 heterocycles. The monoisotopic (exact) mass is 497 g/mol. The highest BCUT2D eigenvalue weighted by molar-refractivity contribution is 5.89. The number of cyclic esters (lactones) is 1. The summed E-state index contributed by atoms with van der Waals surface area (Å²) >= 11 is 0. The van der Waals surface area contributed by atoms with Gasteiger partial charge < -0.3 is 24.5 Å². The molecule has 1 aromatic carbocycles. The second-order valence-corrected chi connectivity index (χ2v) is 8.55. The van der Waals surface area contributed by atoms with Crippen LogP contribution in [0.3, 0.4) is 0 Å². The zero-order valence-corrected chi connectivity index (χ0v) is 19.3. The second-order valence-electron chi connectivity index (χ2n) is 8.55. The summed E-state index contributed by atoms with van der Waals surface area (Å²) in [7, 11) is 0. The first kappa shape index (κ1) is 23.8. The molecule has 0 aliphatic carbocycles. The Balaban J connectivity index is 1.22. The summed E-state index contributed by atoms with van der Waals surface area (Å²) in [6.45, 7) is 0.721. The minimum Gasteiger partial charge on any atom is -0.484 e. The van der Waals surface area contributed by atoms with Crippen LogP contribution in [0.1, 0.15) is 11.3 Å². The number of hydrogen-bond donors (Lipinski definition) is 2. The number of fused-ring (bicyclic) bond motifs is 2. The lowest BCUT2D eigenvalue weighted by atomic mass is 10.1. The second kappa shape index (κ2) is 9.99. The van der Waals surface area contributed by atoms with Crippen molar-refractivity contribution in [2.45, 2.75) is 25.5 Å². The summed E-state index contributed by atoms with van der Waals surface area (Å²) in [5.41, 5.74) is 1.21. The Bertz CT molecular complexity index is 1390. The van der Waals surface area contributed by atoms with Crippen molar-refractivity contribution >= 4 is 28.7 Å². The smallest absolute Gasteiger partial charge is 0.415 e. The van der Waals surface area contributed by atoms with Crippen molar-refractivity contribution in [3.05, 3.63) is 57.9 Å². The normalized spacial score (nSPS) is 17.3. The first-order valence-electron chi connectivity index (χ1n) is 11.6. The maximum absolute atomic E-state index is 14.7. The number of benzene rings is 1. The van der Waals surface area contributed by atoms with Gasteiger partial charge in [0.25, 0.3) is 5.56 Å². The Morgan fingerprint density at radius 3 is 2.89 bits per heavy atom. The van der Waals surface area contributed by atoms with Gasteiger partial charge in [0.1, 0.15) is 30.1 Å². The lowest BCUT2D eigenvalue weighted by molar-refractivity contribution is -0.121. The molecular formula is C24H24FN5O6. The first-order chi connectivity index (χ1) is 17.4. The largest absolute Gasteiger partial charge is 0.484 e. The molecule has 5 rings (SSSR count). The van der Waals surface area contributed by atoms with Crippen LogP contribution < -0.4 is 20.5 Å². The van der Waals surface area contributed by atoms with Gasteiger partial charge in [-0.1, -0.05) is 0 Å². The molecule has 0 bridgehead atoms. The number of pyridine rings is 1. The molecule has 1 saturated heterocycles. The topological polar surface area (TPSA) is 136 Å². The number of nitrogens with zero attached hydrogens (tertiary/aromatic N) is 4. The molecule has 3 aromatic rings. The van der Waals surface area contributed by atoms with Crippen molar-refractivity contribution in [2.24, 2.45) is 0 Å². The quantitative estimate of drug-likeness (QED) is 0.429. The molecule has 1 fully saturated rings. The Kier molecular flexibility index (Phi) is 6.61. The van der Waals surface area contributed by atoms with Crippen LogP contribution in [-0.2, 0) is 28.9 Å². The number of hydrogen-bond acceptors (Lipinski definition) is 9. The van der Waals surface area contributed by atoms with Gasteiger partial charge in [0, 0.05) is 18.7 Å². The summed E-state index contributed by atoms with van der Waals surface area (Å²) in [6.07, 6.45) is 0.560. The average molecular weight is 497 g/mol. The number of amides is 1. The van der Waals surface area contributed by atoms with Gasteiger partial charge >= 0.3 is 6.09 Å². The van der Waals surface area contributed by atoms with E-state index in [1.807, 2.05) is 0 Å². The van der Waals surface area contributed by atoms with E-state index < -0.39 is 23.6 Å². The van der Waals surface area contributed by atoms with Crippen molar-refractivity contribution in [2.75, 3.05) is 37.7 Å². The Morgan fingerprint density at radius 2 is 2.06 bits per heavy atom. The van der Waals surface area contributed by atoms with Crippen molar-refractivity contribution in [3.63, 3.8) is 0 Å². The molecule has 0 spiro atoms. The van der Waals surface area contributed by atoms with Crippen molar-refractivity contribution < 1.29 is 28.6 Å². The highest BCUT2D eigenvalue weighted by Gasteiger charge is 2.33. The van der Waals surface area contributed by atoms with Crippen LogP contribution in [0.25, 0.3) is 11.0 Å². The van der Waals surface area contributed by atoms with Crippen LogP contribution in [0, 0.1) is 5.82 Å². The van der Waals surface area contributed by atoms with E-state index in [0.717, 1.165) is 6.20 Å². The lowest BCUT2D eigenvalue weighted by Gasteiger charge is -2.18. The molecule has 2 aliphatic rings. The summed E-state index contributed by atoms with van der Waals surface area (Å²) < 4.78 is 26.8. The minimum atomic E-state index is -0.545. The third kappa shape index (κ3) is 4.64. The number of anilines is 1. The number of carbonyl (C=O) groups is 2. The molecule has 11 nitrogen and oxygen atoms in total. The number of halogens is 1. The predicted octanol–water partition coefficient (Wildman–Crippen LogP) is 0.584. The lowest BCUT2D eigenvalue weighted by Crippen LogP contribution is -2.32. The molecule has 188 valence electrons. The zero-order chi connectivity index (χ0) is 25.2. The molecule has 0 saturated carbocycles. The molecular weight excluding hydrogens is 473 g/mol. The summed E-state index contributed by atoms with van der Waals surface area (Å²) in [5, 5.41) is 12.5. The highest BCUT2D eigenvalue weighted by Crippen LogP contribution is 2.27. The van der Waals surface area contributed by atoms with E-state index in [1.54, 1.807) is 12.1 Å². The van der Waals surface area contributed by atoms with Crippen molar-refractivity contribution in [1.82, 2.24) is 19.9 Å². The highest BCUT2D eigenvalue weighted by atomic mass is 19.1. The number of aromatic nitrogens is 3. The Morgan fingerprint density at radius 1 is 1.19 bits per heavy atom. The molecule has 2 aromatic heterocycles. The average Bonchev–Trinajstić information content (AvgIpc) is 3.24. The number of ketones is 1. The third-order valence-corrected chi connectivity index (χ3v) is 6.12. The number of nitrogens with one attached hydrogen (secondary N) is 1. The number of Topliss-reactive ketones (excluding diaryl/α,β-unsaturated/α-hetero) is 1. The van der Waals surface area contributed by atoms with Gasteiger partial charge in [-0.3, -0.25) is 14.5 Å². The standard InChI is InChI=1S/C24H24FN5O6/c25-17-1-2-18-23(29(7-8-31)22(33)11-27-18)16(17)5-6-26-10-15-12-30(24(34)36-15)21-4-3-20-19(28-21)9-14(32)13-35-20/h1-4,11,15,26,31H,5-10,12-13H2/t15-/m0/s1. The molecule has 12 heteroatoms. The van der Waals surface area contributed by atoms with Crippen LogP contribution in [0.2, 0.25) is 0 Å². The number of ether oxygens (including phenoxy) is 2. The molecule has 1 amide bonds. The Labute approximate surface area is 204 Å². The summed E-state index contributed by atoms with van der Waals surface area (Å²) in [5.74, 6) is 0.365. The van der Waals surface area contributed by atoms with Crippen molar-refractivity contribution in [3.8, 4) is 5.75 Å². The van der Waals surface area contributed by atoms with Crippen molar-refractivity contribution in [1.29, 1.82) is 0 Å². The van der Waals surface area contributed by atoms with Gasteiger partial charge in [-0.05, 0) is 37.2 Å². The SMILES string of the molecule is O=C1COc2ccc(N3C[C@H](CNCCc4c(F)ccc5ncc(=O)n(CCO)c45)OC3=O)nc2C1. The van der Waals surface area contributed by atoms with E-state index in [0.29, 0.717) is 46.9 Å². The summed E-state index contributed by atoms with van der Waals surface area (Å²) in [4.78, 5) is 46.2. The maximum Gasteiger partial charge on any atom is 0.415 e. The van der Waals surface area contributed by atoms with Gasteiger partial charge in [0.15, 0.2) is 5.78 Å². The molecule has 2 N–H and O–H groups in total. The third-order valence-electron chi connectivity index (χ3n) is 6.12. The molecule has 1 atom stereocenters. The van der Waals surface area contributed by atoms with Crippen LogP contribution in [0.4, 0.5) is 15.0 Å². The molecule has 36 heavy (non-hydrogen) atoms. The number of carbonyl (C=O) groups excluding carboxylic acids is 2. The maximum atomic E-state index is 14.7. The van der Waals surface area contributed by atoms with Crippen LogP contribution in [0.5, 0.6) is 5.75 Å². The number of aliphatic hydroxyl groups is 1. The summed E-state index contributed by atoms with van der Waals surface area (Å²) in [6, 6.07) is 6.14. The fourth-order valence-electron chi connectivity index (χ4n) is 4.44. The number of rotatable bonds is 8. The molecule has 2 aliphatic heterocycles. The van der Waals surface area contributed by atoms with E-state index in [1.165, 1.54) is 21.6 Å². The van der Waals surface area contributed by atoms with Gasteiger partial charge in [0.05, 0.1) is 42.5 Å². The van der Waals surface area contributed by atoms with E-state index >= 15 is 0 Å². The van der Waals surface area contributed by atoms with Gasteiger partial charge in [-0.15, -0.1) is 0 Å². The van der Waals surface area contributed by atoms with E-state index in [9.17, 15) is 23.9 Å². The van der Waals surface area contributed by atoms with Gasteiger partial charge in [0.2, 0.25) is 0 Å². The van der Waals surface area contributed by atoms with E-state index in [4.69, 9.17) is 9.47 Å². The zero-order valence-electron chi connectivity index (χ0n) is 19.3. The van der Waals surface area contributed by atoms with Gasteiger partial charge in [-0.25, -0.2) is 19.2 Å². The first-order valence-corrected chi connectivity index (χ1v) is 11.6. The Hall–Kier alpha value is -3.90.